The van der Waals surface area contributed by atoms with E-state index in [0.29, 0.717) is 22.6 Å². The molecule has 12 heteroatoms. The van der Waals surface area contributed by atoms with Gasteiger partial charge in [-0.1, -0.05) is 12.1 Å². The van der Waals surface area contributed by atoms with E-state index in [4.69, 9.17) is 4.74 Å². The van der Waals surface area contributed by atoms with E-state index in [1.807, 2.05) is 0 Å². The van der Waals surface area contributed by atoms with E-state index in [0.717, 1.165) is 0 Å². The number of fused-ring (bicyclic) bond motifs is 1. The number of anilines is 1. The van der Waals surface area contributed by atoms with Crippen LogP contribution in [0.2, 0.25) is 0 Å². The molecule has 0 saturated heterocycles. The Hall–Kier alpha value is -3.38. The predicted molar refractivity (Wildman–Crippen MR) is 128 cm³/mol. The van der Waals surface area contributed by atoms with Gasteiger partial charge in [-0.2, -0.15) is 5.10 Å². The number of methoxy groups -OCH3 is 1. The number of hydrogen-bond acceptors (Lipinski definition) is 7. The largest absolute Gasteiger partial charge is 0.495 e. The molecule has 0 aliphatic carbocycles. The standard InChI is InChI=1S/C22H25N5O5S2/c1-22(2,3)33(28,29)20-14-27-18(12-23-21(27)10-19(20)32-5)15-7-6-8-16(9-15)25-34(30,31)17-11-24-26(4)13-17/h6-14,25H,1-5H3. The van der Waals surface area contributed by atoms with Crippen LogP contribution in [0.4, 0.5) is 5.69 Å². The SMILES string of the molecule is COc1cc2ncc(-c3cccc(NS(=O)(=O)c4cnn(C)c4)c3)n2cc1S(=O)(=O)C(C)(C)C. The number of pyridine rings is 1. The summed E-state index contributed by atoms with van der Waals surface area (Å²) in [6.07, 6.45) is 5.75. The molecule has 34 heavy (non-hydrogen) atoms. The number of nitrogens with one attached hydrogen (secondary N) is 1. The number of benzene rings is 1. The smallest absolute Gasteiger partial charge is 0.265 e. The second-order valence-electron chi connectivity index (χ2n) is 8.73. The number of sulfone groups is 1. The third-order valence-corrected chi connectivity index (χ3v) is 9.13. The van der Waals surface area contributed by atoms with E-state index >= 15 is 0 Å². The van der Waals surface area contributed by atoms with E-state index in [1.54, 1.807) is 68.7 Å². The van der Waals surface area contributed by atoms with Gasteiger partial charge in [0.05, 0.1) is 29.9 Å². The van der Waals surface area contributed by atoms with Crippen molar-refractivity contribution in [3.8, 4) is 17.0 Å². The molecule has 10 nitrogen and oxygen atoms in total. The molecule has 3 heterocycles. The van der Waals surface area contributed by atoms with Crippen LogP contribution in [0.5, 0.6) is 5.75 Å². The first-order valence-electron chi connectivity index (χ1n) is 10.2. The first-order chi connectivity index (χ1) is 15.8. The number of rotatable bonds is 6. The Morgan fingerprint density at radius 1 is 1.03 bits per heavy atom. The molecule has 0 aliphatic rings. The number of hydrogen-bond donors (Lipinski definition) is 1. The number of aromatic nitrogens is 4. The highest BCUT2D eigenvalue weighted by Gasteiger charge is 2.34. The zero-order valence-electron chi connectivity index (χ0n) is 19.3. The number of sulfonamides is 1. The average Bonchev–Trinajstić information content (AvgIpc) is 3.38. The van der Waals surface area contributed by atoms with Crippen LogP contribution in [0.1, 0.15) is 20.8 Å². The first-order valence-corrected chi connectivity index (χ1v) is 13.2. The molecule has 0 saturated carbocycles. The van der Waals surface area contributed by atoms with Gasteiger partial charge >= 0.3 is 0 Å². The second kappa shape index (κ2) is 8.13. The number of aryl methyl sites for hydroxylation is 1. The minimum Gasteiger partial charge on any atom is -0.495 e. The highest BCUT2D eigenvalue weighted by Crippen LogP contribution is 2.34. The number of imidazole rings is 1. The lowest BCUT2D eigenvalue weighted by Crippen LogP contribution is -2.28. The lowest BCUT2D eigenvalue weighted by molar-refractivity contribution is 0.401. The molecular formula is C22H25N5O5S2. The zero-order valence-corrected chi connectivity index (χ0v) is 21.0. The molecule has 0 spiro atoms. The third kappa shape index (κ3) is 4.14. The molecule has 0 bridgehead atoms. The van der Waals surface area contributed by atoms with E-state index in [9.17, 15) is 16.8 Å². The lowest BCUT2D eigenvalue weighted by atomic mass is 10.1. The van der Waals surface area contributed by atoms with Crippen LogP contribution in [-0.2, 0) is 26.9 Å². The van der Waals surface area contributed by atoms with Crippen molar-refractivity contribution >= 4 is 31.2 Å². The molecule has 0 radical (unpaired) electrons. The molecular weight excluding hydrogens is 478 g/mol. The molecule has 0 aliphatic heterocycles. The van der Waals surface area contributed by atoms with Gasteiger partial charge in [0.15, 0.2) is 9.84 Å². The van der Waals surface area contributed by atoms with Crippen molar-refractivity contribution in [3.63, 3.8) is 0 Å². The maximum absolute atomic E-state index is 13.2. The molecule has 0 fully saturated rings. The van der Waals surface area contributed by atoms with Crippen LogP contribution < -0.4 is 9.46 Å². The van der Waals surface area contributed by atoms with E-state index in [-0.39, 0.29) is 15.5 Å². The summed E-state index contributed by atoms with van der Waals surface area (Å²) in [5.74, 6) is 0.206. The molecule has 180 valence electrons. The van der Waals surface area contributed by atoms with Crippen LogP contribution in [-0.4, -0.2) is 47.9 Å². The molecule has 4 rings (SSSR count). The molecule has 4 aromatic rings. The monoisotopic (exact) mass is 503 g/mol. The topological polar surface area (TPSA) is 125 Å². The minimum atomic E-state index is -3.82. The normalized spacial score (nSPS) is 12.7. The summed E-state index contributed by atoms with van der Waals surface area (Å²) >= 11 is 0. The van der Waals surface area contributed by atoms with Gasteiger partial charge in [0, 0.05) is 36.8 Å². The fraction of sp³-hybridized carbons (Fsp3) is 0.273. The molecule has 3 aromatic heterocycles. The van der Waals surface area contributed by atoms with Crippen LogP contribution in [0.3, 0.4) is 0 Å². The third-order valence-electron chi connectivity index (χ3n) is 5.29. The summed E-state index contributed by atoms with van der Waals surface area (Å²) in [7, 11) is -4.50. The van der Waals surface area contributed by atoms with Gasteiger partial charge in [0.2, 0.25) is 0 Å². The molecule has 1 aromatic carbocycles. The van der Waals surface area contributed by atoms with Gasteiger partial charge in [-0.15, -0.1) is 0 Å². The highest BCUT2D eigenvalue weighted by atomic mass is 32.2. The summed E-state index contributed by atoms with van der Waals surface area (Å²) in [6, 6.07) is 8.33. The molecule has 0 amide bonds. The Labute approximate surface area is 198 Å². The highest BCUT2D eigenvalue weighted by molar-refractivity contribution is 7.93. The Balaban J connectivity index is 1.80. The fourth-order valence-corrected chi connectivity index (χ4v) is 5.73. The van der Waals surface area contributed by atoms with Gasteiger partial charge in [0.1, 0.15) is 21.2 Å². The maximum Gasteiger partial charge on any atom is 0.265 e. The quantitative estimate of drug-likeness (QED) is 0.429. The van der Waals surface area contributed by atoms with E-state index in [2.05, 4.69) is 14.8 Å². The minimum absolute atomic E-state index is 0.0410. The van der Waals surface area contributed by atoms with Crippen molar-refractivity contribution in [2.75, 3.05) is 11.8 Å². The van der Waals surface area contributed by atoms with E-state index in [1.165, 1.54) is 30.4 Å². The Morgan fingerprint density at radius 2 is 1.76 bits per heavy atom. The van der Waals surface area contributed by atoms with Crippen molar-refractivity contribution in [3.05, 3.63) is 55.1 Å². The van der Waals surface area contributed by atoms with Crippen molar-refractivity contribution < 1.29 is 21.6 Å². The van der Waals surface area contributed by atoms with Crippen LogP contribution in [0.15, 0.2) is 64.9 Å². The molecule has 0 unspecified atom stereocenters. The molecule has 0 atom stereocenters. The summed E-state index contributed by atoms with van der Waals surface area (Å²) < 4.78 is 61.7. The summed E-state index contributed by atoms with van der Waals surface area (Å²) in [4.78, 5) is 4.47. The van der Waals surface area contributed by atoms with Crippen molar-refractivity contribution in [2.45, 2.75) is 35.3 Å². The molecule has 1 N–H and O–H groups in total. The Morgan fingerprint density at radius 3 is 2.38 bits per heavy atom. The fourth-order valence-electron chi connectivity index (χ4n) is 3.39. The van der Waals surface area contributed by atoms with E-state index < -0.39 is 24.6 Å². The summed E-state index contributed by atoms with van der Waals surface area (Å²) in [5.41, 5.74) is 2.06. The first kappa shape index (κ1) is 23.8. The second-order valence-corrected chi connectivity index (χ2v) is 13.1. The van der Waals surface area contributed by atoms with Crippen molar-refractivity contribution in [2.24, 2.45) is 7.05 Å². The van der Waals surface area contributed by atoms with Crippen LogP contribution in [0, 0.1) is 0 Å². The lowest BCUT2D eigenvalue weighted by Gasteiger charge is -2.21. The summed E-state index contributed by atoms with van der Waals surface area (Å²) in [6.45, 7) is 4.87. The Bertz CT molecular complexity index is 1600. The van der Waals surface area contributed by atoms with Crippen molar-refractivity contribution in [1.29, 1.82) is 0 Å². The number of nitrogens with zero attached hydrogens (tertiary/aromatic N) is 4. The van der Waals surface area contributed by atoms with Gasteiger partial charge in [0.25, 0.3) is 10.0 Å². The van der Waals surface area contributed by atoms with Crippen LogP contribution >= 0.6 is 0 Å². The van der Waals surface area contributed by atoms with Crippen LogP contribution in [0.25, 0.3) is 16.9 Å². The van der Waals surface area contributed by atoms with Gasteiger partial charge in [-0.3, -0.25) is 13.8 Å². The summed E-state index contributed by atoms with van der Waals surface area (Å²) in [5, 5.41) is 3.90. The maximum atomic E-state index is 13.2. The van der Waals surface area contributed by atoms with Crippen molar-refractivity contribution in [1.82, 2.24) is 19.2 Å². The average molecular weight is 504 g/mol. The number of ether oxygens (including phenoxy) is 1. The predicted octanol–water partition coefficient (Wildman–Crippen LogP) is 3.12. The van der Waals surface area contributed by atoms with Gasteiger partial charge in [-0.25, -0.2) is 21.8 Å². The zero-order chi connectivity index (χ0) is 24.9. The Kier molecular flexibility index (Phi) is 5.68. The van der Waals surface area contributed by atoms with Gasteiger partial charge in [-0.05, 0) is 32.9 Å². The van der Waals surface area contributed by atoms with Gasteiger partial charge < -0.3 is 4.74 Å².